The second-order valence-electron chi connectivity index (χ2n) is 3.46. The van der Waals surface area contributed by atoms with E-state index in [2.05, 4.69) is 20.8 Å². The van der Waals surface area contributed by atoms with Crippen molar-refractivity contribution in [3.05, 3.63) is 22.6 Å². The zero-order valence-corrected chi connectivity index (χ0v) is 8.83. The van der Waals surface area contributed by atoms with Gasteiger partial charge in [0.25, 0.3) is 0 Å². The third kappa shape index (κ3) is 1.95. The van der Waals surface area contributed by atoms with Crippen molar-refractivity contribution in [3.8, 4) is 0 Å². The minimum Gasteiger partial charge on any atom is -0.457 e. The Bertz CT molecular complexity index is 281. The largest absolute Gasteiger partial charge is 0.457 e. The SMILES string of the molecule is OCC1CN(Cc2ccoc2Br)C1. The molecule has 0 spiro atoms. The Morgan fingerprint density at radius 2 is 2.38 bits per heavy atom. The summed E-state index contributed by atoms with van der Waals surface area (Å²) in [6.07, 6.45) is 1.68. The number of hydrogen-bond acceptors (Lipinski definition) is 3. The van der Waals surface area contributed by atoms with E-state index in [0.717, 1.165) is 24.3 Å². The number of aliphatic hydroxyl groups is 1. The highest BCUT2D eigenvalue weighted by molar-refractivity contribution is 9.10. The summed E-state index contributed by atoms with van der Waals surface area (Å²) >= 11 is 3.34. The molecule has 1 fully saturated rings. The molecule has 4 heteroatoms. The van der Waals surface area contributed by atoms with E-state index >= 15 is 0 Å². The summed E-state index contributed by atoms with van der Waals surface area (Å²) in [7, 11) is 0. The molecule has 2 rings (SSSR count). The first kappa shape index (κ1) is 9.24. The van der Waals surface area contributed by atoms with Gasteiger partial charge in [-0.15, -0.1) is 0 Å². The van der Waals surface area contributed by atoms with Crippen molar-refractivity contribution < 1.29 is 9.52 Å². The maximum Gasteiger partial charge on any atom is 0.173 e. The number of halogens is 1. The molecule has 0 saturated carbocycles. The first-order valence-corrected chi connectivity index (χ1v) is 5.14. The molecule has 1 aromatic rings. The summed E-state index contributed by atoms with van der Waals surface area (Å²) in [5, 5.41) is 8.83. The summed E-state index contributed by atoms with van der Waals surface area (Å²) in [6.45, 7) is 3.21. The van der Waals surface area contributed by atoms with Gasteiger partial charge in [-0.25, -0.2) is 0 Å². The lowest BCUT2D eigenvalue weighted by atomic mass is 10.0. The second-order valence-corrected chi connectivity index (χ2v) is 4.18. The first-order valence-electron chi connectivity index (χ1n) is 4.34. The Morgan fingerprint density at radius 3 is 2.92 bits per heavy atom. The third-order valence-electron chi connectivity index (χ3n) is 2.38. The quantitative estimate of drug-likeness (QED) is 0.877. The molecule has 0 radical (unpaired) electrons. The number of likely N-dealkylation sites (tertiary alicyclic amines) is 1. The van der Waals surface area contributed by atoms with Crippen LogP contribution in [0.4, 0.5) is 0 Å². The van der Waals surface area contributed by atoms with Crippen molar-refractivity contribution >= 4 is 15.9 Å². The molecule has 1 N–H and O–H groups in total. The fourth-order valence-electron chi connectivity index (χ4n) is 1.59. The average molecular weight is 246 g/mol. The molecular weight excluding hydrogens is 234 g/mol. The van der Waals surface area contributed by atoms with Crippen LogP contribution in [-0.4, -0.2) is 29.7 Å². The average Bonchev–Trinajstić information content (AvgIpc) is 2.43. The highest BCUT2D eigenvalue weighted by atomic mass is 79.9. The van der Waals surface area contributed by atoms with Crippen molar-refractivity contribution in [2.75, 3.05) is 19.7 Å². The van der Waals surface area contributed by atoms with Crippen molar-refractivity contribution in [3.63, 3.8) is 0 Å². The lowest BCUT2D eigenvalue weighted by Crippen LogP contribution is -2.47. The molecule has 0 atom stereocenters. The van der Waals surface area contributed by atoms with Crippen LogP contribution in [0.3, 0.4) is 0 Å². The topological polar surface area (TPSA) is 36.6 Å². The molecule has 1 aliphatic heterocycles. The van der Waals surface area contributed by atoms with Crippen molar-refractivity contribution in [1.82, 2.24) is 4.90 Å². The summed E-state index contributed by atoms with van der Waals surface area (Å²) in [5.74, 6) is 0.477. The van der Waals surface area contributed by atoms with Gasteiger partial charge >= 0.3 is 0 Å². The van der Waals surface area contributed by atoms with E-state index in [-0.39, 0.29) is 0 Å². The van der Waals surface area contributed by atoms with Crippen LogP contribution in [0.25, 0.3) is 0 Å². The van der Waals surface area contributed by atoms with Gasteiger partial charge in [0.1, 0.15) is 0 Å². The fraction of sp³-hybridized carbons (Fsp3) is 0.556. The normalized spacial score (nSPS) is 18.9. The van der Waals surface area contributed by atoms with E-state index < -0.39 is 0 Å². The van der Waals surface area contributed by atoms with Gasteiger partial charge in [0, 0.05) is 37.7 Å². The van der Waals surface area contributed by atoms with Crippen LogP contribution >= 0.6 is 15.9 Å². The Balaban J connectivity index is 1.84. The molecule has 72 valence electrons. The molecule has 1 aromatic heterocycles. The summed E-state index contributed by atoms with van der Waals surface area (Å²) in [4.78, 5) is 2.29. The maximum absolute atomic E-state index is 8.83. The minimum absolute atomic E-state index is 0.309. The number of hydrogen-bond donors (Lipinski definition) is 1. The molecule has 1 saturated heterocycles. The van der Waals surface area contributed by atoms with Gasteiger partial charge in [0.2, 0.25) is 0 Å². The van der Waals surface area contributed by atoms with Crippen molar-refractivity contribution in [2.24, 2.45) is 5.92 Å². The van der Waals surface area contributed by atoms with Gasteiger partial charge in [0.05, 0.1) is 6.26 Å². The van der Waals surface area contributed by atoms with Crippen LogP contribution in [0.15, 0.2) is 21.4 Å². The molecule has 2 heterocycles. The maximum atomic E-state index is 8.83. The summed E-state index contributed by atoms with van der Waals surface area (Å²) < 4.78 is 5.95. The minimum atomic E-state index is 0.309. The van der Waals surface area contributed by atoms with Crippen LogP contribution in [0, 0.1) is 5.92 Å². The number of nitrogens with zero attached hydrogens (tertiary/aromatic N) is 1. The van der Waals surface area contributed by atoms with E-state index in [1.165, 1.54) is 5.56 Å². The van der Waals surface area contributed by atoms with E-state index in [1.54, 1.807) is 6.26 Å². The third-order valence-corrected chi connectivity index (χ3v) is 3.07. The van der Waals surface area contributed by atoms with E-state index in [0.29, 0.717) is 12.5 Å². The predicted molar refractivity (Wildman–Crippen MR) is 52.3 cm³/mol. The number of furan rings is 1. The number of aliphatic hydroxyl groups excluding tert-OH is 1. The first-order chi connectivity index (χ1) is 6.29. The monoisotopic (exact) mass is 245 g/mol. The zero-order valence-electron chi connectivity index (χ0n) is 7.24. The van der Waals surface area contributed by atoms with Gasteiger partial charge in [-0.2, -0.15) is 0 Å². The van der Waals surface area contributed by atoms with E-state index in [4.69, 9.17) is 9.52 Å². The van der Waals surface area contributed by atoms with Gasteiger partial charge in [-0.05, 0) is 22.0 Å². The highest BCUT2D eigenvalue weighted by Crippen LogP contribution is 2.23. The van der Waals surface area contributed by atoms with Crippen LogP contribution in [-0.2, 0) is 6.54 Å². The molecule has 0 unspecified atom stereocenters. The predicted octanol–water partition coefficient (Wildman–Crippen LogP) is 1.47. The van der Waals surface area contributed by atoms with Crippen LogP contribution in [0.1, 0.15) is 5.56 Å². The van der Waals surface area contributed by atoms with Crippen molar-refractivity contribution in [1.29, 1.82) is 0 Å². The summed E-state index contributed by atoms with van der Waals surface area (Å²) in [5.41, 5.74) is 1.18. The molecule has 1 aliphatic rings. The lowest BCUT2D eigenvalue weighted by Gasteiger charge is -2.37. The van der Waals surface area contributed by atoms with Crippen LogP contribution in [0.5, 0.6) is 0 Å². The molecule has 3 nitrogen and oxygen atoms in total. The molecule has 0 bridgehead atoms. The Labute approximate surface area is 85.5 Å². The van der Waals surface area contributed by atoms with Gasteiger partial charge in [0.15, 0.2) is 4.67 Å². The molecule has 0 amide bonds. The lowest BCUT2D eigenvalue weighted by molar-refractivity contribution is 0.0476. The fourth-order valence-corrected chi connectivity index (χ4v) is 1.96. The Morgan fingerprint density at radius 1 is 1.62 bits per heavy atom. The van der Waals surface area contributed by atoms with Gasteiger partial charge < -0.3 is 9.52 Å². The molecule has 13 heavy (non-hydrogen) atoms. The Hall–Kier alpha value is -0.320. The van der Waals surface area contributed by atoms with Crippen LogP contribution < -0.4 is 0 Å². The van der Waals surface area contributed by atoms with Crippen LogP contribution in [0.2, 0.25) is 0 Å². The second kappa shape index (κ2) is 3.82. The highest BCUT2D eigenvalue weighted by Gasteiger charge is 2.26. The zero-order chi connectivity index (χ0) is 9.26. The standard InChI is InChI=1S/C9H12BrNO2/c10-9-8(1-2-13-9)5-11-3-7(4-11)6-12/h1-2,7,12H,3-6H2. The van der Waals surface area contributed by atoms with Crippen molar-refractivity contribution in [2.45, 2.75) is 6.54 Å². The van der Waals surface area contributed by atoms with E-state index in [1.807, 2.05) is 6.07 Å². The molecular formula is C9H12BrNO2. The summed E-state index contributed by atoms with van der Waals surface area (Å²) in [6, 6.07) is 1.97. The molecule has 0 aromatic carbocycles. The van der Waals surface area contributed by atoms with E-state index in [9.17, 15) is 0 Å². The smallest absolute Gasteiger partial charge is 0.173 e. The van der Waals surface area contributed by atoms with Gasteiger partial charge in [-0.1, -0.05) is 0 Å². The number of rotatable bonds is 3. The van der Waals surface area contributed by atoms with Gasteiger partial charge in [-0.3, -0.25) is 4.90 Å². The molecule has 0 aliphatic carbocycles. The Kier molecular flexibility index (Phi) is 2.71.